The molecule has 8 heavy (non-hydrogen) atoms. The molecule has 0 aliphatic carbocycles. The highest BCUT2D eigenvalue weighted by molar-refractivity contribution is 7.37. The summed E-state index contributed by atoms with van der Waals surface area (Å²) in [5.41, 5.74) is 0. The topological polar surface area (TPSA) is 49.7 Å². The Morgan fingerprint density at radius 2 is 2.25 bits per heavy atom. The van der Waals surface area contributed by atoms with Crippen molar-refractivity contribution in [2.24, 2.45) is 0 Å². The monoisotopic (exact) mass is 166 g/mol. The predicted molar refractivity (Wildman–Crippen MR) is 38.0 cm³/mol. The van der Waals surface area contributed by atoms with Gasteiger partial charge in [-0.1, -0.05) is 0 Å². The molecule has 0 unspecified atom stereocenters. The summed E-state index contributed by atoms with van der Waals surface area (Å²) in [4.78, 5) is 18.2. The van der Waals surface area contributed by atoms with Crippen molar-refractivity contribution in [1.82, 2.24) is 0 Å². The van der Waals surface area contributed by atoms with Crippen molar-refractivity contribution in [2.75, 3.05) is 6.61 Å². The molecule has 6 heteroatoms. The minimum atomic E-state index is -2.51. The summed E-state index contributed by atoms with van der Waals surface area (Å²) in [6.45, 7) is 0.623. The van der Waals surface area contributed by atoms with Crippen molar-refractivity contribution in [1.29, 1.82) is 0 Å². The van der Waals surface area contributed by atoms with Crippen molar-refractivity contribution < 1.29 is 14.0 Å². The van der Waals surface area contributed by atoms with Crippen LogP contribution in [0.3, 0.4) is 0 Å². The third-order valence-electron chi connectivity index (χ3n) is 1.29. The smallest absolute Gasteiger partial charge is 0.305 e. The highest BCUT2D eigenvalue weighted by Gasteiger charge is 2.31. The maximum absolute atomic E-state index is 9.09. The zero-order valence-electron chi connectivity index (χ0n) is 4.63. The molecular formula is C2H10O3Si3. The van der Waals surface area contributed by atoms with E-state index >= 15 is 0 Å². The van der Waals surface area contributed by atoms with Gasteiger partial charge in [0.2, 0.25) is 0 Å². The maximum atomic E-state index is 9.09. The fourth-order valence-electron chi connectivity index (χ4n) is 0.698. The van der Waals surface area contributed by atoms with Gasteiger partial charge in [-0.25, -0.2) is 0 Å². The van der Waals surface area contributed by atoms with E-state index in [2.05, 4.69) is 0 Å². The van der Waals surface area contributed by atoms with Gasteiger partial charge in [0.25, 0.3) is 0 Å². The number of rotatable bonds is 0. The summed E-state index contributed by atoms with van der Waals surface area (Å²) in [6.07, 6.45) is 0. The van der Waals surface area contributed by atoms with E-state index in [9.17, 15) is 0 Å². The van der Waals surface area contributed by atoms with Crippen molar-refractivity contribution >= 4 is 25.9 Å². The summed E-state index contributed by atoms with van der Waals surface area (Å²) in [5, 5.41) is 0. The van der Waals surface area contributed by atoms with Gasteiger partial charge in [0.05, 0.1) is 0 Å². The standard InChI is InChI=1S/C2H10O3Si3/c3-8(4)2-1-5-6-7-8/h3-4H,1-2,6-7H2. The molecule has 0 atom stereocenters. The summed E-state index contributed by atoms with van der Waals surface area (Å²) in [5.74, 6) is 0. The van der Waals surface area contributed by atoms with Crippen molar-refractivity contribution in [3.63, 3.8) is 0 Å². The number of hydrogen-bond donors (Lipinski definition) is 2. The van der Waals surface area contributed by atoms with Gasteiger partial charge in [0, 0.05) is 12.7 Å². The van der Waals surface area contributed by atoms with Gasteiger partial charge in [0.1, 0.15) is 17.8 Å². The molecule has 0 amide bonds. The zero-order valence-corrected chi connectivity index (χ0v) is 8.46. The van der Waals surface area contributed by atoms with Crippen LogP contribution in [0.1, 0.15) is 0 Å². The Labute approximate surface area is 53.3 Å². The van der Waals surface area contributed by atoms with E-state index in [-0.39, 0.29) is 0 Å². The Bertz CT molecular complexity index is 76.6. The second-order valence-electron chi connectivity index (χ2n) is 2.09. The van der Waals surface area contributed by atoms with Crippen LogP contribution < -0.4 is 0 Å². The SMILES string of the molecule is O[Si]1(O)CCO[SiH2][SiH2]1. The molecule has 1 aliphatic heterocycles. The summed E-state index contributed by atoms with van der Waals surface area (Å²) < 4.78 is 5.12. The molecule has 0 aromatic carbocycles. The van der Waals surface area contributed by atoms with Gasteiger partial charge in [-0.3, -0.25) is 0 Å². The van der Waals surface area contributed by atoms with Gasteiger partial charge in [0.15, 0.2) is 0 Å². The largest absolute Gasteiger partial charge is 0.428 e. The van der Waals surface area contributed by atoms with Crippen LogP contribution in [0.4, 0.5) is 0 Å². The summed E-state index contributed by atoms with van der Waals surface area (Å²) in [7, 11) is -3.41. The van der Waals surface area contributed by atoms with E-state index in [1.807, 2.05) is 0 Å². The molecule has 2 N–H and O–H groups in total. The molecule has 1 saturated heterocycles. The van der Waals surface area contributed by atoms with E-state index < -0.39 is 25.9 Å². The van der Waals surface area contributed by atoms with E-state index in [4.69, 9.17) is 14.0 Å². The molecule has 0 spiro atoms. The van der Waals surface area contributed by atoms with Crippen LogP contribution in [-0.4, -0.2) is 42.1 Å². The van der Waals surface area contributed by atoms with Crippen LogP contribution in [0, 0.1) is 0 Å². The second-order valence-corrected chi connectivity index (χ2v) is 16.5. The van der Waals surface area contributed by atoms with Crippen LogP contribution in [0.15, 0.2) is 0 Å². The average molecular weight is 166 g/mol. The van der Waals surface area contributed by atoms with Crippen LogP contribution >= 0.6 is 0 Å². The summed E-state index contributed by atoms with van der Waals surface area (Å²) >= 11 is 0. The minimum absolute atomic E-state index is 0.395. The lowest BCUT2D eigenvalue weighted by Gasteiger charge is -2.21. The fourth-order valence-corrected chi connectivity index (χ4v) is 12.2. The normalized spacial score (nSPS) is 33.8. The van der Waals surface area contributed by atoms with Crippen molar-refractivity contribution in [2.45, 2.75) is 6.04 Å². The second kappa shape index (κ2) is 2.42. The van der Waals surface area contributed by atoms with E-state index in [0.717, 1.165) is 0 Å². The lowest BCUT2D eigenvalue weighted by Crippen LogP contribution is -2.50. The van der Waals surface area contributed by atoms with Gasteiger partial charge in [-0.05, 0) is 0 Å². The summed E-state index contributed by atoms with van der Waals surface area (Å²) in [6, 6.07) is 0.576. The van der Waals surface area contributed by atoms with E-state index in [1.54, 1.807) is 0 Å². The Morgan fingerprint density at radius 3 is 2.50 bits per heavy atom. The molecule has 0 aromatic heterocycles. The van der Waals surface area contributed by atoms with Crippen LogP contribution in [-0.2, 0) is 4.43 Å². The lowest BCUT2D eigenvalue weighted by atomic mass is 10.9. The Hall–Kier alpha value is 0.531. The van der Waals surface area contributed by atoms with Gasteiger partial charge in [-0.2, -0.15) is 0 Å². The molecule has 0 saturated carbocycles. The Kier molecular flexibility index (Phi) is 2.01. The van der Waals surface area contributed by atoms with E-state index in [1.165, 1.54) is 0 Å². The van der Waals surface area contributed by atoms with Crippen molar-refractivity contribution in [3.05, 3.63) is 0 Å². The first-order valence-corrected chi connectivity index (χ1v) is 11.7. The lowest BCUT2D eigenvalue weighted by molar-refractivity contribution is 0.321. The first-order chi connectivity index (χ1) is 3.71. The minimum Gasteiger partial charge on any atom is -0.428 e. The number of hydrogen-bond acceptors (Lipinski definition) is 3. The van der Waals surface area contributed by atoms with Gasteiger partial charge in [-0.15, -0.1) is 0 Å². The Balaban J connectivity index is 2.33. The predicted octanol–water partition coefficient (Wildman–Crippen LogP) is -2.89. The molecule has 0 bridgehead atoms. The first kappa shape index (κ1) is 6.65. The highest BCUT2D eigenvalue weighted by Crippen LogP contribution is 2.03. The van der Waals surface area contributed by atoms with E-state index in [0.29, 0.717) is 12.7 Å². The molecule has 48 valence electrons. The first-order valence-electron chi connectivity index (χ1n) is 2.73. The Morgan fingerprint density at radius 1 is 1.50 bits per heavy atom. The quantitative estimate of drug-likeness (QED) is 0.380. The molecule has 1 heterocycles. The maximum Gasteiger partial charge on any atom is 0.305 e. The molecule has 0 aromatic rings. The molecule has 1 aliphatic rings. The molecule has 3 nitrogen and oxygen atoms in total. The molecular weight excluding hydrogens is 156 g/mol. The third-order valence-corrected chi connectivity index (χ3v) is 17.9. The van der Waals surface area contributed by atoms with Crippen molar-refractivity contribution in [3.8, 4) is 0 Å². The average Bonchev–Trinajstić information content (AvgIpc) is 1.65. The zero-order chi connectivity index (χ0) is 6.04. The third kappa shape index (κ3) is 1.80. The van der Waals surface area contributed by atoms with Crippen LogP contribution in [0.5, 0.6) is 0 Å². The highest BCUT2D eigenvalue weighted by atomic mass is 29.6. The fraction of sp³-hybridized carbons (Fsp3) is 1.00. The van der Waals surface area contributed by atoms with Crippen LogP contribution in [0.2, 0.25) is 6.04 Å². The molecule has 1 rings (SSSR count). The van der Waals surface area contributed by atoms with Gasteiger partial charge >= 0.3 is 8.08 Å². The van der Waals surface area contributed by atoms with Crippen LogP contribution in [0.25, 0.3) is 0 Å². The molecule has 0 radical (unpaired) electrons. The molecule has 1 fully saturated rings. The van der Waals surface area contributed by atoms with Gasteiger partial charge < -0.3 is 14.0 Å².